The molecular formula is C12H15F3N2O2S. The Labute approximate surface area is 118 Å². The molecule has 0 bridgehead atoms. The highest BCUT2D eigenvalue weighted by Gasteiger charge is 2.31. The lowest BCUT2D eigenvalue weighted by molar-refractivity contribution is -0.274. The van der Waals surface area contributed by atoms with E-state index in [-0.39, 0.29) is 5.69 Å². The molecule has 20 heavy (non-hydrogen) atoms. The lowest BCUT2D eigenvalue weighted by Gasteiger charge is -2.13. The van der Waals surface area contributed by atoms with Crippen molar-refractivity contribution in [1.29, 1.82) is 0 Å². The van der Waals surface area contributed by atoms with E-state index >= 15 is 0 Å². The van der Waals surface area contributed by atoms with E-state index in [2.05, 4.69) is 10.1 Å². The van der Waals surface area contributed by atoms with Crippen LogP contribution < -0.4 is 15.8 Å². The van der Waals surface area contributed by atoms with Gasteiger partial charge in [0.05, 0.1) is 6.04 Å². The number of hydrogen-bond donors (Lipinski definition) is 2. The van der Waals surface area contributed by atoms with E-state index in [1.165, 1.54) is 12.1 Å². The Hall–Kier alpha value is -1.41. The zero-order chi connectivity index (χ0) is 15.2. The number of anilines is 1. The van der Waals surface area contributed by atoms with Gasteiger partial charge in [0.2, 0.25) is 5.91 Å². The molecule has 1 aromatic rings. The maximum Gasteiger partial charge on any atom is 0.573 e. The van der Waals surface area contributed by atoms with Gasteiger partial charge >= 0.3 is 6.36 Å². The van der Waals surface area contributed by atoms with Gasteiger partial charge in [-0.25, -0.2) is 0 Å². The normalized spacial score (nSPS) is 12.8. The SMILES string of the molecule is CSCC[C@H](N)C(=O)Nc1cccc(OC(F)(F)F)c1. The first kappa shape index (κ1) is 16.6. The average Bonchev–Trinajstić information content (AvgIpc) is 2.34. The summed E-state index contributed by atoms with van der Waals surface area (Å²) in [5.41, 5.74) is 5.86. The molecule has 0 aromatic heterocycles. The molecule has 3 N–H and O–H groups in total. The maximum atomic E-state index is 12.1. The Morgan fingerprint density at radius 1 is 1.50 bits per heavy atom. The Morgan fingerprint density at radius 3 is 2.80 bits per heavy atom. The largest absolute Gasteiger partial charge is 0.573 e. The molecule has 0 saturated carbocycles. The summed E-state index contributed by atoms with van der Waals surface area (Å²) in [5.74, 6) is -0.109. The molecule has 4 nitrogen and oxygen atoms in total. The summed E-state index contributed by atoms with van der Waals surface area (Å²) < 4.78 is 40.0. The van der Waals surface area contributed by atoms with Crippen molar-refractivity contribution >= 4 is 23.4 Å². The Bertz CT molecular complexity index is 455. The van der Waals surface area contributed by atoms with Crippen LogP contribution in [0.25, 0.3) is 0 Å². The molecule has 0 spiro atoms. The molecule has 0 aliphatic rings. The topological polar surface area (TPSA) is 64.4 Å². The molecule has 0 heterocycles. The molecule has 0 unspecified atom stereocenters. The van der Waals surface area contributed by atoms with Crippen LogP contribution in [0.1, 0.15) is 6.42 Å². The monoisotopic (exact) mass is 308 g/mol. The number of benzene rings is 1. The van der Waals surface area contributed by atoms with Crippen molar-refractivity contribution in [2.75, 3.05) is 17.3 Å². The number of ether oxygens (including phenoxy) is 1. The first-order valence-electron chi connectivity index (χ1n) is 5.73. The van der Waals surface area contributed by atoms with Gasteiger partial charge in [0, 0.05) is 11.8 Å². The van der Waals surface area contributed by atoms with Crippen LogP contribution in [-0.2, 0) is 4.79 Å². The Balaban J connectivity index is 2.64. The second-order valence-corrected chi connectivity index (χ2v) is 4.94. The summed E-state index contributed by atoms with van der Waals surface area (Å²) in [5, 5.41) is 2.46. The first-order chi connectivity index (χ1) is 9.31. The highest BCUT2D eigenvalue weighted by Crippen LogP contribution is 2.25. The Morgan fingerprint density at radius 2 is 2.20 bits per heavy atom. The van der Waals surface area contributed by atoms with Crippen molar-refractivity contribution in [1.82, 2.24) is 0 Å². The lowest BCUT2D eigenvalue weighted by Crippen LogP contribution is -2.36. The molecule has 8 heteroatoms. The third kappa shape index (κ3) is 6.16. The number of carbonyl (C=O) groups is 1. The molecule has 1 amide bonds. The van der Waals surface area contributed by atoms with Gasteiger partial charge in [-0.15, -0.1) is 13.2 Å². The number of nitrogens with two attached hydrogens (primary N) is 1. The van der Waals surface area contributed by atoms with Crippen LogP contribution in [0.15, 0.2) is 24.3 Å². The molecule has 1 rings (SSSR count). The lowest BCUT2D eigenvalue weighted by atomic mass is 10.2. The minimum atomic E-state index is -4.77. The van der Waals surface area contributed by atoms with E-state index in [9.17, 15) is 18.0 Å². The fourth-order valence-corrected chi connectivity index (χ4v) is 1.87. The number of alkyl halides is 3. The van der Waals surface area contributed by atoms with Crippen molar-refractivity contribution in [3.63, 3.8) is 0 Å². The highest BCUT2D eigenvalue weighted by molar-refractivity contribution is 7.98. The van der Waals surface area contributed by atoms with Gasteiger partial charge < -0.3 is 15.8 Å². The van der Waals surface area contributed by atoms with Crippen LogP contribution in [0.5, 0.6) is 5.75 Å². The number of rotatable bonds is 6. The molecule has 112 valence electrons. The molecule has 0 radical (unpaired) electrons. The van der Waals surface area contributed by atoms with Gasteiger partial charge in [0.25, 0.3) is 0 Å². The predicted octanol–water partition coefficient (Wildman–Crippen LogP) is 2.60. The number of halogens is 3. The fourth-order valence-electron chi connectivity index (χ4n) is 1.38. The van der Waals surface area contributed by atoms with Gasteiger partial charge in [0.15, 0.2) is 0 Å². The van der Waals surface area contributed by atoms with Crippen molar-refractivity contribution in [2.45, 2.75) is 18.8 Å². The number of amides is 1. The quantitative estimate of drug-likeness (QED) is 0.848. The van der Waals surface area contributed by atoms with Crippen molar-refractivity contribution < 1.29 is 22.7 Å². The van der Waals surface area contributed by atoms with Crippen LogP contribution in [0.4, 0.5) is 18.9 Å². The van der Waals surface area contributed by atoms with Gasteiger partial charge in [0.1, 0.15) is 5.75 Å². The van der Waals surface area contributed by atoms with E-state index in [1.807, 2.05) is 6.26 Å². The second-order valence-electron chi connectivity index (χ2n) is 3.95. The molecule has 0 aliphatic heterocycles. The summed E-state index contributed by atoms with van der Waals surface area (Å²) in [6.07, 6.45) is -2.38. The van der Waals surface area contributed by atoms with Crippen molar-refractivity contribution in [2.24, 2.45) is 5.73 Å². The number of nitrogens with one attached hydrogen (secondary N) is 1. The highest BCUT2D eigenvalue weighted by atomic mass is 32.2. The number of thioether (sulfide) groups is 1. The van der Waals surface area contributed by atoms with E-state index < -0.39 is 24.1 Å². The van der Waals surface area contributed by atoms with Crippen molar-refractivity contribution in [3.05, 3.63) is 24.3 Å². The molecular weight excluding hydrogens is 293 g/mol. The predicted molar refractivity (Wildman–Crippen MR) is 72.7 cm³/mol. The van der Waals surface area contributed by atoms with Crippen LogP contribution in [0, 0.1) is 0 Å². The third-order valence-electron chi connectivity index (χ3n) is 2.30. The van der Waals surface area contributed by atoms with Crippen LogP contribution in [0.2, 0.25) is 0 Å². The summed E-state index contributed by atoms with van der Waals surface area (Å²) in [6, 6.07) is 4.35. The van der Waals surface area contributed by atoms with E-state index in [0.717, 1.165) is 17.9 Å². The molecule has 0 fully saturated rings. The van der Waals surface area contributed by atoms with Crippen molar-refractivity contribution in [3.8, 4) is 5.75 Å². The number of carbonyl (C=O) groups excluding carboxylic acids is 1. The first-order valence-corrected chi connectivity index (χ1v) is 7.12. The summed E-state index contributed by atoms with van der Waals surface area (Å²) in [6.45, 7) is 0. The average molecular weight is 308 g/mol. The van der Waals surface area contributed by atoms with Crippen LogP contribution >= 0.6 is 11.8 Å². The Kier molecular flexibility index (Phi) is 6.15. The zero-order valence-electron chi connectivity index (χ0n) is 10.7. The van der Waals surface area contributed by atoms with Gasteiger partial charge in [-0.1, -0.05) is 6.07 Å². The van der Waals surface area contributed by atoms with Gasteiger partial charge in [-0.05, 0) is 30.6 Å². The smallest absolute Gasteiger partial charge is 0.406 e. The third-order valence-corrected chi connectivity index (χ3v) is 2.95. The zero-order valence-corrected chi connectivity index (χ0v) is 11.6. The maximum absolute atomic E-state index is 12.1. The molecule has 0 aliphatic carbocycles. The minimum absolute atomic E-state index is 0.205. The molecule has 0 saturated heterocycles. The molecule has 1 atom stereocenters. The second kappa shape index (κ2) is 7.39. The standard InChI is InChI=1S/C12H15F3N2O2S/c1-20-6-5-10(16)11(18)17-8-3-2-4-9(7-8)19-12(13,14)15/h2-4,7,10H,5-6,16H2,1H3,(H,17,18)/t10-/m0/s1. The van der Waals surface area contributed by atoms with Crippen LogP contribution in [-0.4, -0.2) is 30.3 Å². The number of hydrogen-bond acceptors (Lipinski definition) is 4. The fraction of sp³-hybridized carbons (Fsp3) is 0.417. The van der Waals surface area contributed by atoms with E-state index in [1.54, 1.807) is 11.8 Å². The summed E-state index contributed by atoms with van der Waals surface area (Å²) in [4.78, 5) is 11.7. The van der Waals surface area contributed by atoms with E-state index in [4.69, 9.17) is 5.73 Å². The molecule has 1 aromatic carbocycles. The van der Waals surface area contributed by atoms with E-state index in [0.29, 0.717) is 6.42 Å². The van der Waals surface area contributed by atoms with Crippen LogP contribution in [0.3, 0.4) is 0 Å². The summed E-state index contributed by atoms with van der Waals surface area (Å²) >= 11 is 1.56. The summed E-state index contributed by atoms with van der Waals surface area (Å²) in [7, 11) is 0. The van der Waals surface area contributed by atoms with Gasteiger partial charge in [-0.2, -0.15) is 11.8 Å². The van der Waals surface area contributed by atoms with Gasteiger partial charge in [-0.3, -0.25) is 4.79 Å². The minimum Gasteiger partial charge on any atom is -0.406 e.